The van der Waals surface area contributed by atoms with Crippen LogP contribution in [0.3, 0.4) is 0 Å². The van der Waals surface area contributed by atoms with Crippen LogP contribution in [-0.4, -0.2) is 29.3 Å². The first-order valence-corrected chi connectivity index (χ1v) is 9.49. The van der Waals surface area contributed by atoms with Gasteiger partial charge in [-0.25, -0.2) is 4.79 Å². The van der Waals surface area contributed by atoms with Crippen LogP contribution in [0.15, 0.2) is 65.3 Å². The molecule has 4 rings (SSSR count). The van der Waals surface area contributed by atoms with Gasteiger partial charge in [-0.1, -0.05) is 18.2 Å². The zero-order valence-corrected chi connectivity index (χ0v) is 16.3. The predicted octanol–water partition coefficient (Wildman–Crippen LogP) is 3.83. The van der Waals surface area contributed by atoms with Gasteiger partial charge in [0.15, 0.2) is 0 Å². The summed E-state index contributed by atoms with van der Waals surface area (Å²) in [5.41, 5.74) is 1.37. The first-order valence-electron chi connectivity index (χ1n) is 9.49. The first-order chi connectivity index (χ1) is 14.6. The number of para-hydroxylation sites is 1. The van der Waals surface area contributed by atoms with Gasteiger partial charge in [0, 0.05) is 5.56 Å². The molecule has 0 atom stereocenters. The van der Waals surface area contributed by atoms with Crippen molar-refractivity contribution in [2.75, 3.05) is 6.61 Å². The average Bonchev–Trinajstić information content (AvgIpc) is 3.36. The number of carbonyl (C=O) groups excluding carboxylic acids is 3. The van der Waals surface area contributed by atoms with E-state index in [-0.39, 0.29) is 29.8 Å². The lowest BCUT2D eigenvalue weighted by Gasteiger charge is -2.11. The quantitative estimate of drug-likeness (QED) is 0.439. The molecular formula is C23H19NO6. The third-order valence-electron chi connectivity index (χ3n) is 4.73. The van der Waals surface area contributed by atoms with Crippen LogP contribution >= 0.6 is 0 Å². The Morgan fingerprint density at radius 3 is 2.57 bits per heavy atom. The van der Waals surface area contributed by atoms with Crippen LogP contribution in [0.4, 0.5) is 0 Å². The van der Waals surface area contributed by atoms with Gasteiger partial charge in [0.2, 0.25) is 0 Å². The normalized spacial score (nSPS) is 12.8. The van der Waals surface area contributed by atoms with E-state index in [9.17, 15) is 14.4 Å². The van der Waals surface area contributed by atoms with Crippen LogP contribution in [0.2, 0.25) is 0 Å². The molecule has 30 heavy (non-hydrogen) atoms. The molecule has 2 aromatic carbocycles. The molecule has 152 valence electrons. The second-order valence-corrected chi connectivity index (χ2v) is 6.65. The molecule has 7 nitrogen and oxygen atoms in total. The number of hydrogen-bond donors (Lipinski definition) is 0. The van der Waals surface area contributed by atoms with Crippen molar-refractivity contribution in [3.05, 3.63) is 88.9 Å². The van der Waals surface area contributed by atoms with Crippen molar-refractivity contribution in [3.8, 4) is 5.75 Å². The number of hydrogen-bond acceptors (Lipinski definition) is 6. The fourth-order valence-corrected chi connectivity index (χ4v) is 3.27. The second kappa shape index (κ2) is 8.24. The van der Waals surface area contributed by atoms with Gasteiger partial charge in [0.1, 0.15) is 18.1 Å². The van der Waals surface area contributed by atoms with E-state index in [4.69, 9.17) is 13.9 Å². The number of nitrogens with zero attached hydrogens (tertiary/aromatic N) is 1. The Morgan fingerprint density at radius 1 is 1.00 bits per heavy atom. The molecule has 0 spiro atoms. The predicted molar refractivity (Wildman–Crippen MR) is 106 cm³/mol. The maximum absolute atomic E-state index is 12.7. The molecule has 3 aromatic rings. The molecule has 2 heterocycles. The minimum Gasteiger partial charge on any atom is -0.493 e. The minimum atomic E-state index is -0.589. The van der Waals surface area contributed by atoms with E-state index < -0.39 is 17.8 Å². The van der Waals surface area contributed by atoms with E-state index in [1.807, 2.05) is 25.1 Å². The average molecular weight is 405 g/mol. The molecule has 0 saturated heterocycles. The Balaban J connectivity index is 1.49. The monoisotopic (exact) mass is 405 g/mol. The number of rotatable bonds is 7. The molecule has 0 saturated carbocycles. The van der Waals surface area contributed by atoms with Crippen LogP contribution in [0, 0.1) is 0 Å². The number of imide groups is 1. The summed E-state index contributed by atoms with van der Waals surface area (Å²) in [6, 6.07) is 15.0. The molecule has 0 unspecified atom stereocenters. The Bertz CT molecular complexity index is 1100. The van der Waals surface area contributed by atoms with Crippen molar-refractivity contribution >= 4 is 17.8 Å². The third kappa shape index (κ3) is 3.69. The maximum Gasteiger partial charge on any atom is 0.338 e. The zero-order chi connectivity index (χ0) is 21.1. The van der Waals surface area contributed by atoms with Gasteiger partial charge in [-0.05, 0) is 43.3 Å². The van der Waals surface area contributed by atoms with Crippen molar-refractivity contribution in [3.63, 3.8) is 0 Å². The summed E-state index contributed by atoms with van der Waals surface area (Å²) in [5.74, 6) is -0.332. The van der Waals surface area contributed by atoms with Gasteiger partial charge in [-0.15, -0.1) is 0 Å². The van der Waals surface area contributed by atoms with Crippen molar-refractivity contribution in [2.24, 2.45) is 0 Å². The number of benzene rings is 2. The highest BCUT2D eigenvalue weighted by atomic mass is 16.5. The largest absolute Gasteiger partial charge is 0.493 e. The Morgan fingerprint density at radius 2 is 1.80 bits per heavy atom. The number of carbonyl (C=O) groups is 3. The molecule has 1 aliphatic rings. The lowest BCUT2D eigenvalue weighted by Crippen LogP contribution is -2.28. The zero-order valence-electron chi connectivity index (χ0n) is 16.3. The summed E-state index contributed by atoms with van der Waals surface area (Å²) in [6.07, 6.45) is 1.48. The van der Waals surface area contributed by atoms with Crippen LogP contribution in [0.5, 0.6) is 5.75 Å². The summed E-state index contributed by atoms with van der Waals surface area (Å²) in [6.45, 7) is 2.44. The van der Waals surface area contributed by atoms with Gasteiger partial charge in [-0.3, -0.25) is 14.5 Å². The van der Waals surface area contributed by atoms with Gasteiger partial charge < -0.3 is 13.9 Å². The summed E-state index contributed by atoms with van der Waals surface area (Å²) >= 11 is 0. The third-order valence-corrected chi connectivity index (χ3v) is 4.73. The number of esters is 1. The van der Waals surface area contributed by atoms with E-state index in [1.165, 1.54) is 24.5 Å². The van der Waals surface area contributed by atoms with Crippen molar-refractivity contribution in [1.82, 2.24) is 4.90 Å². The number of furan rings is 1. The molecule has 0 radical (unpaired) electrons. The van der Waals surface area contributed by atoms with Crippen molar-refractivity contribution in [2.45, 2.75) is 20.1 Å². The fourth-order valence-electron chi connectivity index (χ4n) is 3.27. The van der Waals surface area contributed by atoms with Gasteiger partial charge in [-0.2, -0.15) is 0 Å². The fraction of sp³-hybridized carbons (Fsp3) is 0.174. The lowest BCUT2D eigenvalue weighted by molar-refractivity contribution is 0.0469. The lowest BCUT2D eigenvalue weighted by atomic mass is 10.1. The molecule has 0 fully saturated rings. The Hall–Kier alpha value is -3.87. The van der Waals surface area contributed by atoms with Gasteiger partial charge >= 0.3 is 5.97 Å². The van der Waals surface area contributed by atoms with Gasteiger partial charge in [0.05, 0.1) is 36.1 Å². The van der Waals surface area contributed by atoms with Crippen LogP contribution < -0.4 is 4.74 Å². The van der Waals surface area contributed by atoms with E-state index in [0.717, 1.165) is 10.5 Å². The molecule has 0 bridgehead atoms. The van der Waals surface area contributed by atoms with Gasteiger partial charge in [0.25, 0.3) is 11.8 Å². The molecule has 0 aliphatic carbocycles. The highest BCUT2D eigenvalue weighted by molar-refractivity contribution is 6.21. The Kier molecular flexibility index (Phi) is 5.34. The van der Waals surface area contributed by atoms with E-state index in [0.29, 0.717) is 18.1 Å². The second-order valence-electron chi connectivity index (χ2n) is 6.65. The van der Waals surface area contributed by atoms with Crippen molar-refractivity contribution in [1.29, 1.82) is 0 Å². The number of fused-ring (bicyclic) bond motifs is 1. The molecule has 2 amide bonds. The molecule has 7 heteroatoms. The van der Waals surface area contributed by atoms with Crippen LogP contribution in [0.25, 0.3) is 0 Å². The smallest absolute Gasteiger partial charge is 0.338 e. The minimum absolute atomic E-state index is 0.0313. The van der Waals surface area contributed by atoms with Crippen LogP contribution in [-0.2, 0) is 17.9 Å². The van der Waals surface area contributed by atoms with E-state index >= 15 is 0 Å². The van der Waals surface area contributed by atoms with Crippen molar-refractivity contribution < 1.29 is 28.3 Å². The molecular weight excluding hydrogens is 386 g/mol. The highest BCUT2D eigenvalue weighted by Gasteiger charge is 2.36. The SMILES string of the molecule is CCOc1ccccc1COC(=O)c1ccc2c(c1)C(=O)N(Cc1ccco1)C2=O. The standard InChI is InChI=1S/C23H19NO6/c1-2-28-20-8-4-3-6-16(20)14-30-23(27)15-9-10-18-19(12-15)22(26)24(21(18)25)13-17-7-5-11-29-17/h3-12H,2,13-14H2,1H3. The highest BCUT2D eigenvalue weighted by Crippen LogP contribution is 2.26. The number of amides is 2. The Labute approximate surface area is 172 Å². The summed E-state index contributed by atoms with van der Waals surface area (Å²) < 4.78 is 16.1. The molecule has 1 aliphatic heterocycles. The van der Waals surface area contributed by atoms with E-state index in [1.54, 1.807) is 18.2 Å². The summed E-state index contributed by atoms with van der Waals surface area (Å²) in [7, 11) is 0. The molecule has 0 N–H and O–H groups in total. The first kappa shape index (κ1) is 19.4. The summed E-state index contributed by atoms with van der Waals surface area (Å²) in [4.78, 5) is 38.9. The van der Waals surface area contributed by atoms with E-state index in [2.05, 4.69) is 0 Å². The number of ether oxygens (including phenoxy) is 2. The summed E-state index contributed by atoms with van der Waals surface area (Å²) in [5, 5.41) is 0. The topological polar surface area (TPSA) is 86.1 Å². The van der Waals surface area contributed by atoms with Crippen LogP contribution in [0.1, 0.15) is 49.3 Å². The maximum atomic E-state index is 12.7. The molecule has 1 aromatic heterocycles.